The van der Waals surface area contributed by atoms with E-state index in [1.54, 1.807) is 12.1 Å². The van der Waals surface area contributed by atoms with Crippen molar-refractivity contribution in [1.29, 1.82) is 0 Å². The maximum atomic E-state index is 12.8. The van der Waals surface area contributed by atoms with E-state index in [0.717, 1.165) is 15.1 Å². The van der Waals surface area contributed by atoms with Gasteiger partial charge in [0.1, 0.15) is 6.04 Å². The lowest BCUT2D eigenvalue weighted by Crippen LogP contribution is -2.40. The Morgan fingerprint density at radius 3 is 2.55 bits per heavy atom. The fourth-order valence-corrected chi connectivity index (χ4v) is 5.24. The van der Waals surface area contributed by atoms with E-state index in [0.29, 0.717) is 0 Å². The van der Waals surface area contributed by atoms with Crippen molar-refractivity contribution < 1.29 is 18.3 Å². The molecule has 0 amide bonds. The Morgan fingerprint density at radius 2 is 1.86 bits per heavy atom. The first-order chi connectivity index (χ1) is 10.4. The van der Waals surface area contributed by atoms with Crippen LogP contribution >= 0.6 is 15.9 Å². The number of fused-ring (bicyclic) bond motifs is 1. The van der Waals surface area contributed by atoms with Gasteiger partial charge >= 0.3 is 5.97 Å². The fourth-order valence-electron chi connectivity index (χ4n) is 2.71. The Kier molecular flexibility index (Phi) is 3.96. The number of hydrogen-bond acceptors (Lipinski definition) is 3. The highest BCUT2D eigenvalue weighted by atomic mass is 79.9. The third kappa shape index (κ3) is 2.64. The van der Waals surface area contributed by atoms with Gasteiger partial charge in [-0.3, -0.25) is 4.79 Å². The van der Waals surface area contributed by atoms with Gasteiger partial charge in [-0.05, 0) is 29.3 Å². The summed E-state index contributed by atoms with van der Waals surface area (Å²) in [4.78, 5) is 11.3. The van der Waals surface area contributed by atoms with Crippen molar-refractivity contribution in [3.05, 3.63) is 42.5 Å². The van der Waals surface area contributed by atoms with Gasteiger partial charge < -0.3 is 5.11 Å². The second kappa shape index (κ2) is 5.64. The highest BCUT2D eigenvalue weighted by molar-refractivity contribution is 9.09. The summed E-state index contributed by atoms with van der Waals surface area (Å²) >= 11 is 3.32. The molecule has 1 heterocycles. The topological polar surface area (TPSA) is 74.7 Å². The van der Waals surface area contributed by atoms with Gasteiger partial charge in [0.05, 0.1) is 4.90 Å². The van der Waals surface area contributed by atoms with Gasteiger partial charge in [-0.1, -0.05) is 46.3 Å². The van der Waals surface area contributed by atoms with E-state index in [9.17, 15) is 18.3 Å². The van der Waals surface area contributed by atoms with Crippen LogP contribution < -0.4 is 0 Å². The standard InChI is InChI=1S/C15H14BrNO4S/c16-12-8-14(15(18)19)17(9-12)22(20,21)13-6-5-10-3-1-2-4-11(10)7-13/h1-7,12,14H,8-9H2,(H,18,19)/t12-,14-/m0/s1. The number of aliphatic carboxylic acids is 1. The number of carboxylic acid groups (broad SMARTS) is 1. The first-order valence-corrected chi connectivity index (χ1v) is 9.12. The number of nitrogens with zero attached hydrogens (tertiary/aromatic N) is 1. The molecule has 1 aliphatic rings. The molecule has 1 aliphatic heterocycles. The molecule has 1 saturated heterocycles. The van der Waals surface area contributed by atoms with Crippen LogP contribution in [0.25, 0.3) is 10.8 Å². The average Bonchev–Trinajstić information content (AvgIpc) is 2.90. The summed E-state index contributed by atoms with van der Waals surface area (Å²) in [7, 11) is -3.83. The quantitative estimate of drug-likeness (QED) is 0.825. The minimum atomic E-state index is -3.83. The Hall–Kier alpha value is -1.44. The smallest absolute Gasteiger partial charge is 0.322 e. The van der Waals surface area contributed by atoms with Gasteiger partial charge in [-0.15, -0.1) is 0 Å². The minimum Gasteiger partial charge on any atom is -0.480 e. The molecule has 1 N–H and O–H groups in total. The van der Waals surface area contributed by atoms with Crippen molar-refractivity contribution in [3.63, 3.8) is 0 Å². The summed E-state index contributed by atoms with van der Waals surface area (Å²) in [6, 6.07) is 11.3. The second-order valence-electron chi connectivity index (χ2n) is 5.27. The lowest BCUT2D eigenvalue weighted by atomic mass is 10.1. The van der Waals surface area contributed by atoms with Crippen LogP contribution in [-0.2, 0) is 14.8 Å². The first-order valence-electron chi connectivity index (χ1n) is 6.77. The van der Waals surface area contributed by atoms with Crippen LogP contribution in [0.5, 0.6) is 0 Å². The molecular weight excluding hydrogens is 370 g/mol. The normalized spacial score (nSPS) is 23.0. The minimum absolute atomic E-state index is 0.124. The van der Waals surface area contributed by atoms with E-state index in [4.69, 9.17) is 0 Å². The number of benzene rings is 2. The van der Waals surface area contributed by atoms with Crippen LogP contribution in [0.3, 0.4) is 0 Å². The van der Waals surface area contributed by atoms with E-state index in [1.807, 2.05) is 24.3 Å². The van der Waals surface area contributed by atoms with E-state index >= 15 is 0 Å². The van der Waals surface area contributed by atoms with Gasteiger partial charge in [0.15, 0.2) is 0 Å². The van der Waals surface area contributed by atoms with E-state index in [-0.39, 0.29) is 22.7 Å². The second-order valence-corrected chi connectivity index (χ2v) is 8.46. The molecule has 0 spiro atoms. The highest BCUT2D eigenvalue weighted by Crippen LogP contribution is 2.31. The third-order valence-electron chi connectivity index (χ3n) is 3.82. The van der Waals surface area contributed by atoms with Gasteiger partial charge in [0.2, 0.25) is 10.0 Å². The summed E-state index contributed by atoms with van der Waals surface area (Å²) in [5.74, 6) is -1.12. The third-order valence-corrected chi connectivity index (χ3v) is 6.35. The number of rotatable bonds is 3. The van der Waals surface area contributed by atoms with Gasteiger partial charge in [0, 0.05) is 11.4 Å². The number of halogens is 1. The lowest BCUT2D eigenvalue weighted by molar-refractivity contribution is -0.140. The largest absolute Gasteiger partial charge is 0.480 e. The number of alkyl halides is 1. The maximum absolute atomic E-state index is 12.8. The zero-order valence-corrected chi connectivity index (χ0v) is 13.9. The average molecular weight is 384 g/mol. The molecular formula is C15H14BrNO4S. The molecule has 0 aromatic heterocycles. The molecule has 116 valence electrons. The van der Waals surface area contributed by atoms with Crippen LogP contribution in [0.2, 0.25) is 0 Å². The predicted molar refractivity (Wildman–Crippen MR) is 86.6 cm³/mol. The van der Waals surface area contributed by atoms with Crippen molar-refractivity contribution in [2.75, 3.05) is 6.54 Å². The number of carbonyl (C=O) groups is 1. The predicted octanol–water partition coefficient (Wildman–Crippen LogP) is 2.45. The molecule has 5 nitrogen and oxygen atoms in total. The molecule has 2 atom stereocenters. The summed E-state index contributed by atoms with van der Waals surface area (Å²) in [6.45, 7) is 0.159. The molecule has 0 radical (unpaired) electrons. The molecule has 3 rings (SSSR count). The van der Waals surface area contributed by atoms with E-state index < -0.39 is 22.0 Å². The molecule has 7 heteroatoms. The molecule has 0 aliphatic carbocycles. The Morgan fingerprint density at radius 1 is 1.18 bits per heavy atom. The molecule has 0 saturated carbocycles. The Labute approximate surface area is 136 Å². The molecule has 2 aromatic rings. The zero-order valence-electron chi connectivity index (χ0n) is 11.5. The number of sulfonamides is 1. The summed E-state index contributed by atoms with van der Waals surface area (Å²) in [5, 5.41) is 11.0. The highest BCUT2D eigenvalue weighted by Gasteiger charge is 2.43. The molecule has 0 bridgehead atoms. The Balaban J connectivity index is 2.05. The Bertz CT molecular complexity index is 836. The summed E-state index contributed by atoms with van der Waals surface area (Å²) < 4.78 is 26.6. The zero-order chi connectivity index (χ0) is 15.9. The van der Waals surface area contributed by atoms with Crippen LogP contribution in [0.1, 0.15) is 6.42 Å². The van der Waals surface area contributed by atoms with Gasteiger partial charge in [-0.25, -0.2) is 8.42 Å². The van der Waals surface area contributed by atoms with Crippen molar-refractivity contribution in [1.82, 2.24) is 4.31 Å². The molecule has 2 aromatic carbocycles. The number of hydrogen-bond donors (Lipinski definition) is 1. The van der Waals surface area contributed by atoms with Crippen LogP contribution in [0, 0.1) is 0 Å². The van der Waals surface area contributed by atoms with Gasteiger partial charge in [-0.2, -0.15) is 4.31 Å². The van der Waals surface area contributed by atoms with Gasteiger partial charge in [0.25, 0.3) is 0 Å². The molecule has 1 fully saturated rings. The lowest BCUT2D eigenvalue weighted by Gasteiger charge is -2.21. The van der Waals surface area contributed by atoms with E-state index in [1.165, 1.54) is 6.07 Å². The SMILES string of the molecule is O=C(O)[C@@H]1C[C@H](Br)CN1S(=O)(=O)c1ccc2ccccc2c1. The van der Waals surface area contributed by atoms with E-state index in [2.05, 4.69) is 15.9 Å². The number of carboxylic acids is 1. The van der Waals surface area contributed by atoms with Crippen LogP contribution in [-0.4, -0.2) is 41.2 Å². The summed E-state index contributed by atoms with van der Waals surface area (Å²) in [6.07, 6.45) is 0.266. The van der Waals surface area contributed by atoms with Crippen LogP contribution in [0.15, 0.2) is 47.4 Å². The fraction of sp³-hybridized carbons (Fsp3) is 0.267. The molecule has 0 unspecified atom stereocenters. The van der Waals surface area contributed by atoms with Crippen molar-refractivity contribution >= 4 is 42.7 Å². The van der Waals surface area contributed by atoms with Crippen molar-refractivity contribution in [2.24, 2.45) is 0 Å². The molecule has 22 heavy (non-hydrogen) atoms. The monoisotopic (exact) mass is 383 g/mol. The van der Waals surface area contributed by atoms with Crippen LogP contribution in [0.4, 0.5) is 0 Å². The maximum Gasteiger partial charge on any atom is 0.322 e. The summed E-state index contributed by atoms with van der Waals surface area (Å²) in [5.41, 5.74) is 0. The van der Waals surface area contributed by atoms with Crippen molar-refractivity contribution in [2.45, 2.75) is 22.2 Å². The first kappa shape index (κ1) is 15.5. The van der Waals surface area contributed by atoms with Crippen molar-refractivity contribution in [3.8, 4) is 0 Å².